The summed E-state index contributed by atoms with van der Waals surface area (Å²) in [5, 5.41) is 17.4. The van der Waals surface area contributed by atoms with Crippen molar-refractivity contribution in [3.63, 3.8) is 0 Å². The lowest BCUT2D eigenvalue weighted by Crippen LogP contribution is -2.27. The molecule has 3 nitrogen and oxygen atoms in total. The second-order valence-electron chi connectivity index (χ2n) is 2.64. The maximum atomic E-state index is 12.9. The van der Waals surface area contributed by atoms with Gasteiger partial charge in [0.25, 0.3) is 0 Å². The van der Waals surface area contributed by atoms with Gasteiger partial charge in [0.05, 0.1) is 12.1 Å². The van der Waals surface area contributed by atoms with E-state index < -0.39 is 24.6 Å². The maximum absolute atomic E-state index is 12.9. The largest absolute Gasteiger partial charge is 0.391 e. The lowest BCUT2D eigenvalue weighted by atomic mass is 9.94. The molecular weight excluding hydrogens is 138 g/mol. The molecule has 58 valence electrons. The minimum Gasteiger partial charge on any atom is -0.391 e. The van der Waals surface area contributed by atoms with Crippen molar-refractivity contribution < 1.29 is 19.3 Å². The van der Waals surface area contributed by atoms with Gasteiger partial charge in [-0.05, 0) is 0 Å². The lowest BCUT2D eigenvalue weighted by Gasteiger charge is -2.15. The Kier molecular flexibility index (Phi) is 1.98. The van der Waals surface area contributed by atoms with E-state index in [0.29, 0.717) is 0 Å². The van der Waals surface area contributed by atoms with Gasteiger partial charge < -0.3 is 14.9 Å². The van der Waals surface area contributed by atoms with Crippen LogP contribution in [0.1, 0.15) is 6.42 Å². The molecule has 0 aromatic rings. The first-order valence-corrected chi connectivity index (χ1v) is 3.23. The van der Waals surface area contributed by atoms with Gasteiger partial charge in [-0.1, -0.05) is 0 Å². The summed E-state index contributed by atoms with van der Waals surface area (Å²) in [6.45, 7) is -0.686. The Morgan fingerprint density at radius 2 is 2.40 bits per heavy atom. The van der Waals surface area contributed by atoms with Crippen molar-refractivity contribution in [3.05, 3.63) is 0 Å². The minimum atomic E-state index is -2.02. The minimum absolute atomic E-state index is 0.134. The molecule has 1 rings (SSSR count). The van der Waals surface area contributed by atoms with Gasteiger partial charge >= 0.3 is 0 Å². The highest BCUT2D eigenvalue weighted by Gasteiger charge is 2.43. The molecule has 2 N–H and O–H groups in total. The van der Waals surface area contributed by atoms with Crippen LogP contribution in [-0.2, 0) is 4.74 Å². The number of hydrogen-bond acceptors (Lipinski definition) is 3. The topological polar surface area (TPSA) is 49.7 Å². The summed E-state index contributed by atoms with van der Waals surface area (Å²) in [7, 11) is 1.57. The first-order valence-electron chi connectivity index (χ1n) is 3.23. The van der Waals surface area contributed by atoms with E-state index in [-0.39, 0.29) is 6.42 Å². The van der Waals surface area contributed by atoms with Crippen LogP contribution in [0.3, 0.4) is 0 Å². The highest BCUT2D eigenvalue weighted by atomic mass is 19.2. The molecule has 0 spiro atoms. The zero-order valence-electron chi connectivity index (χ0n) is 5.75. The fourth-order valence-electron chi connectivity index (χ4n) is 1.04. The Morgan fingerprint density at radius 3 is 2.60 bits per heavy atom. The molecule has 0 unspecified atom stereocenters. The third-order valence-corrected chi connectivity index (χ3v) is 1.69. The summed E-state index contributed by atoms with van der Waals surface area (Å²) in [5.74, 6) is -2.02. The van der Waals surface area contributed by atoms with E-state index in [4.69, 9.17) is 10.2 Å². The summed E-state index contributed by atoms with van der Waals surface area (Å²) in [5.41, 5.74) is 0. The molecule has 0 aliphatic carbocycles. The van der Waals surface area contributed by atoms with E-state index in [1.807, 2.05) is 0 Å². The van der Waals surface area contributed by atoms with Crippen molar-refractivity contribution >= 4 is 7.85 Å². The maximum Gasteiger partial charge on any atom is 0.234 e. The van der Waals surface area contributed by atoms with Crippen LogP contribution in [0.25, 0.3) is 0 Å². The SMILES string of the molecule is B[C@@H]1O[C@](F)(CO)C[C@H]1O. The van der Waals surface area contributed by atoms with Gasteiger partial charge in [0.1, 0.15) is 14.5 Å². The molecule has 10 heavy (non-hydrogen) atoms. The van der Waals surface area contributed by atoms with Crippen LogP contribution in [0.4, 0.5) is 4.39 Å². The van der Waals surface area contributed by atoms with Gasteiger partial charge in [0, 0.05) is 6.42 Å². The molecule has 0 aromatic carbocycles. The van der Waals surface area contributed by atoms with Gasteiger partial charge in [-0.2, -0.15) is 0 Å². The van der Waals surface area contributed by atoms with Crippen LogP contribution in [0.2, 0.25) is 0 Å². The summed E-state index contributed by atoms with van der Waals surface area (Å²) >= 11 is 0. The van der Waals surface area contributed by atoms with Crippen molar-refractivity contribution in [3.8, 4) is 0 Å². The summed E-state index contributed by atoms with van der Waals surface area (Å²) < 4.78 is 17.6. The fourth-order valence-corrected chi connectivity index (χ4v) is 1.04. The Hall–Kier alpha value is -0.125. The molecule has 3 atom stereocenters. The van der Waals surface area contributed by atoms with Crippen LogP contribution < -0.4 is 0 Å². The summed E-state index contributed by atoms with van der Waals surface area (Å²) in [6.07, 6.45) is -0.929. The third kappa shape index (κ3) is 1.31. The molecule has 0 bridgehead atoms. The smallest absolute Gasteiger partial charge is 0.234 e. The number of alkyl halides is 1. The number of halogens is 1. The monoisotopic (exact) mass is 148 g/mol. The van der Waals surface area contributed by atoms with E-state index in [0.717, 1.165) is 0 Å². The fraction of sp³-hybridized carbons (Fsp3) is 1.00. The lowest BCUT2D eigenvalue weighted by molar-refractivity contribution is -0.144. The molecule has 0 aromatic heterocycles. The van der Waals surface area contributed by atoms with Gasteiger partial charge in [-0.25, -0.2) is 4.39 Å². The van der Waals surface area contributed by atoms with Crippen molar-refractivity contribution in [1.29, 1.82) is 0 Å². The number of hydrogen-bond donors (Lipinski definition) is 2. The number of aliphatic hydroxyl groups excluding tert-OH is 2. The highest BCUT2D eigenvalue weighted by Crippen LogP contribution is 2.29. The molecule has 1 saturated heterocycles. The molecule has 0 radical (unpaired) electrons. The first-order chi connectivity index (χ1) is 4.57. The molecule has 1 aliphatic rings. The Morgan fingerprint density at radius 1 is 1.80 bits per heavy atom. The molecule has 1 fully saturated rings. The van der Waals surface area contributed by atoms with Crippen LogP contribution in [0.15, 0.2) is 0 Å². The van der Waals surface area contributed by atoms with E-state index in [1.54, 1.807) is 7.85 Å². The van der Waals surface area contributed by atoms with Crippen molar-refractivity contribution in [2.75, 3.05) is 6.61 Å². The Balaban J connectivity index is 2.55. The Labute approximate surface area is 59.2 Å². The van der Waals surface area contributed by atoms with Gasteiger partial charge in [0.2, 0.25) is 5.85 Å². The average Bonchev–Trinajstić information content (AvgIpc) is 2.10. The number of ether oxygens (including phenoxy) is 1. The molecular formula is C5H10BFO3. The van der Waals surface area contributed by atoms with E-state index in [2.05, 4.69) is 4.74 Å². The third-order valence-electron chi connectivity index (χ3n) is 1.69. The molecule has 1 aliphatic heterocycles. The van der Waals surface area contributed by atoms with Gasteiger partial charge in [0.15, 0.2) is 0 Å². The summed E-state index contributed by atoms with van der Waals surface area (Å²) in [4.78, 5) is 0. The molecule has 0 saturated carbocycles. The predicted molar refractivity (Wildman–Crippen MR) is 35.0 cm³/mol. The Bertz CT molecular complexity index is 122. The zero-order chi connectivity index (χ0) is 7.78. The quantitative estimate of drug-likeness (QED) is 0.439. The highest BCUT2D eigenvalue weighted by molar-refractivity contribution is 6.11. The van der Waals surface area contributed by atoms with E-state index in [1.165, 1.54) is 0 Å². The van der Waals surface area contributed by atoms with Crippen molar-refractivity contribution in [2.45, 2.75) is 24.4 Å². The standard InChI is InChI=1S/C5H10BFO3/c6-4-3(9)1-5(7,2-8)10-4/h3-4,8-9H,1-2,6H2/t3-,4-,5+/m1/s1. The van der Waals surface area contributed by atoms with Crippen LogP contribution in [-0.4, -0.2) is 42.6 Å². The van der Waals surface area contributed by atoms with Crippen LogP contribution in [0, 0.1) is 0 Å². The average molecular weight is 148 g/mol. The normalized spacial score (nSPS) is 47.9. The molecule has 5 heteroatoms. The van der Waals surface area contributed by atoms with Gasteiger partial charge in [-0.3, -0.25) is 0 Å². The molecule has 0 amide bonds. The zero-order valence-corrected chi connectivity index (χ0v) is 5.75. The van der Waals surface area contributed by atoms with E-state index >= 15 is 0 Å². The van der Waals surface area contributed by atoms with Crippen LogP contribution in [0.5, 0.6) is 0 Å². The summed E-state index contributed by atoms with van der Waals surface area (Å²) in [6, 6.07) is -0.517. The second kappa shape index (κ2) is 2.49. The van der Waals surface area contributed by atoms with Crippen LogP contribution >= 0.6 is 0 Å². The second-order valence-corrected chi connectivity index (χ2v) is 2.64. The molecule has 1 heterocycles. The van der Waals surface area contributed by atoms with Gasteiger partial charge in [-0.15, -0.1) is 0 Å². The van der Waals surface area contributed by atoms with E-state index in [9.17, 15) is 4.39 Å². The first kappa shape index (κ1) is 7.98. The number of aliphatic hydroxyl groups is 2. The van der Waals surface area contributed by atoms with Crippen molar-refractivity contribution in [1.82, 2.24) is 0 Å². The predicted octanol–water partition coefficient (Wildman–Crippen LogP) is -1.62. The van der Waals surface area contributed by atoms with Crippen molar-refractivity contribution in [2.24, 2.45) is 0 Å². The number of rotatable bonds is 1.